The Morgan fingerprint density at radius 3 is 2.22 bits per heavy atom. The molecule has 0 saturated heterocycles. The van der Waals surface area contributed by atoms with E-state index in [-0.39, 0.29) is 17.2 Å². The number of nitrogens with zero attached hydrogens (tertiary/aromatic N) is 1. The Labute approximate surface area is 218 Å². The second-order valence-corrected chi connectivity index (χ2v) is 7.86. The second-order valence-electron chi connectivity index (χ2n) is 7.42. The van der Waals surface area contributed by atoms with Crippen molar-refractivity contribution < 1.29 is 33.3 Å². The molecule has 0 aliphatic heterocycles. The Morgan fingerprint density at radius 1 is 0.784 bits per heavy atom. The number of benzene rings is 3. The van der Waals surface area contributed by atoms with Gasteiger partial charge in [-0.1, -0.05) is 17.7 Å². The van der Waals surface area contributed by atoms with Crippen LogP contribution in [0.25, 0.3) is 0 Å². The van der Waals surface area contributed by atoms with Crippen LogP contribution in [0.1, 0.15) is 22.8 Å². The van der Waals surface area contributed by atoms with Crippen LogP contribution in [0.15, 0.2) is 65.8 Å². The van der Waals surface area contributed by atoms with Crippen molar-refractivity contribution in [2.45, 2.75) is 6.92 Å². The number of hydrazone groups is 1. The highest BCUT2D eigenvalue weighted by atomic mass is 35.5. The van der Waals surface area contributed by atoms with E-state index < -0.39 is 17.8 Å². The lowest BCUT2D eigenvalue weighted by molar-refractivity contribution is -0.136. The molecule has 0 fully saturated rings. The highest BCUT2D eigenvalue weighted by Crippen LogP contribution is 2.30. The molecule has 3 rings (SSSR count). The van der Waals surface area contributed by atoms with Gasteiger partial charge in [0.2, 0.25) is 0 Å². The molecule has 0 heterocycles. The fraction of sp³-hybridized carbons (Fsp3) is 0.154. The minimum atomic E-state index is -1.00. The molecule has 0 saturated carbocycles. The van der Waals surface area contributed by atoms with Gasteiger partial charge in [-0.15, -0.1) is 0 Å². The van der Waals surface area contributed by atoms with E-state index in [1.807, 2.05) is 0 Å². The smallest absolute Gasteiger partial charge is 0.343 e. The number of methoxy groups -OCH3 is 3. The highest BCUT2D eigenvalue weighted by Gasteiger charge is 2.17. The number of hydrogen-bond acceptors (Lipinski definition) is 8. The molecule has 0 aromatic heterocycles. The molecule has 3 aromatic carbocycles. The highest BCUT2D eigenvalue weighted by molar-refractivity contribution is 6.40. The van der Waals surface area contributed by atoms with Gasteiger partial charge in [-0.05, 0) is 61.5 Å². The number of esters is 1. The number of ether oxygens (including phenoxy) is 4. The maximum Gasteiger partial charge on any atom is 0.343 e. The number of carbonyl (C=O) groups excluding carboxylic acids is 3. The Kier molecular flexibility index (Phi) is 9.06. The summed E-state index contributed by atoms with van der Waals surface area (Å²) in [5, 5.41) is 6.75. The number of rotatable bonds is 8. The molecule has 0 atom stereocenters. The van der Waals surface area contributed by atoms with Crippen LogP contribution < -0.4 is 29.7 Å². The first-order chi connectivity index (χ1) is 17.7. The lowest BCUT2D eigenvalue weighted by Crippen LogP contribution is -2.33. The molecular weight excluding hydrogens is 502 g/mol. The number of nitrogens with one attached hydrogen (secondary N) is 2. The molecule has 2 N–H and O–H groups in total. The first-order valence-corrected chi connectivity index (χ1v) is 11.2. The molecule has 2 amide bonds. The summed E-state index contributed by atoms with van der Waals surface area (Å²) in [6.45, 7) is 1.62. The van der Waals surface area contributed by atoms with Gasteiger partial charge in [-0.25, -0.2) is 10.2 Å². The summed E-state index contributed by atoms with van der Waals surface area (Å²) in [6, 6.07) is 15.9. The van der Waals surface area contributed by atoms with Gasteiger partial charge in [-0.3, -0.25) is 9.59 Å². The summed E-state index contributed by atoms with van der Waals surface area (Å²) in [6.07, 6.45) is 0. The van der Waals surface area contributed by atoms with E-state index in [1.165, 1.54) is 33.5 Å². The monoisotopic (exact) mass is 525 g/mol. The molecule has 0 bridgehead atoms. The molecule has 0 spiro atoms. The maximum absolute atomic E-state index is 12.5. The summed E-state index contributed by atoms with van der Waals surface area (Å²) in [5.41, 5.74) is 3.65. The fourth-order valence-electron chi connectivity index (χ4n) is 3.09. The molecule has 11 heteroatoms. The number of hydrogen-bond donors (Lipinski definition) is 2. The summed E-state index contributed by atoms with van der Waals surface area (Å²) in [4.78, 5) is 37.1. The molecule has 0 unspecified atom stereocenters. The standard InChI is InChI=1S/C26H24ClN3O7/c1-15(29-30-25(32)24(31)28-20-14-18(27)9-11-21(20)35-3)16-8-10-22(23(13-16)36-4)37-26(33)17-6-5-7-19(12-17)34-2/h5-14H,1-4H3,(H,28,31)(H,30,32). The van der Waals surface area contributed by atoms with Crippen molar-refractivity contribution in [2.75, 3.05) is 26.6 Å². The van der Waals surface area contributed by atoms with Gasteiger partial charge in [0.25, 0.3) is 0 Å². The third-order valence-electron chi connectivity index (χ3n) is 5.03. The van der Waals surface area contributed by atoms with Crippen LogP contribution in [0.5, 0.6) is 23.0 Å². The van der Waals surface area contributed by atoms with E-state index in [4.69, 9.17) is 30.5 Å². The summed E-state index contributed by atoms with van der Waals surface area (Å²) in [5.74, 6) is -1.25. The quantitative estimate of drug-likeness (QED) is 0.149. The second kappa shape index (κ2) is 12.4. The topological polar surface area (TPSA) is 125 Å². The SMILES string of the molecule is COc1cccc(C(=O)Oc2ccc(C(C)=NNC(=O)C(=O)Nc3cc(Cl)ccc3OC)cc2OC)c1. The van der Waals surface area contributed by atoms with Gasteiger partial charge >= 0.3 is 17.8 Å². The zero-order valence-corrected chi connectivity index (χ0v) is 21.2. The first-order valence-electron chi connectivity index (χ1n) is 10.8. The maximum atomic E-state index is 12.5. The van der Waals surface area contributed by atoms with Crippen molar-refractivity contribution in [3.63, 3.8) is 0 Å². The minimum absolute atomic E-state index is 0.186. The lowest BCUT2D eigenvalue weighted by atomic mass is 10.1. The van der Waals surface area contributed by atoms with E-state index in [0.29, 0.717) is 33.4 Å². The van der Waals surface area contributed by atoms with Crippen LogP contribution in [0.3, 0.4) is 0 Å². The Morgan fingerprint density at radius 2 is 1.51 bits per heavy atom. The number of anilines is 1. The van der Waals surface area contributed by atoms with Gasteiger partial charge in [0.15, 0.2) is 11.5 Å². The van der Waals surface area contributed by atoms with Gasteiger partial charge in [-0.2, -0.15) is 5.10 Å². The van der Waals surface area contributed by atoms with Crippen LogP contribution in [0, 0.1) is 0 Å². The van der Waals surface area contributed by atoms with Crippen LogP contribution in [0.4, 0.5) is 5.69 Å². The van der Waals surface area contributed by atoms with Crippen molar-refractivity contribution in [2.24, 2.45) is 5.10 Å². The molecule has 0 radical (unpaired) electrons. The van der Waals surface area contributed by atoms with Gasteiger partial charge < -0.3 is 24.3 Å². The summed E-state index contributed by atoms with van der Waals surface area (Å²) < 4.78 is 21.1. The molecule has 0 aliphatic rings. The van der Waals surface area contributed by atoms with Gasteiger partial charge in [0.05, 0.1) is 38.3 Å². The third kappa shape index (κ3) is 6.98. The predicted octanol–water partition coefficient (Wildman–Crippen LogP) is 4.06. The van der Waals surface area contributed by atoms with Crippen LogP contribution in [0.2, 0.25) is 5.02 Å². The Balaban J connectivity index is 1.68. The van der Waals surface area contributed by atoms with Crippen molar-refractivity contribution >= 4 is 40.8 Å². The van der Waals surface area contributed by atoms with E-state index >= 15 is 0 Å². The van der Waals surface area contributed by atoms with E-state index in [9.17, 15) is 14.4 Å². The third-order valence-corrected chi connectivity index (χ3v) is 5.27. The summed E-state index contributed by atoms with van der Waals surface area (Å²) >= 11 is 5.94. The Hall–Kier alpha value is -4.57. The fourth-order valence-corrected chi connectivity index (χ4v) is 3.26. The predicted molar refractivity (Wildman–Crippen MR) is 138 cm³/mol. The molecular formula is C26H24ClN3O7. The minimum Gasteiger partial charge on any atom is -0.497 e. The molecule has 37 heavy (non-hydrogen) atoms. The first kappa shape index (κ1) is 27.0. The van der Waals surface area contributed by atoms with Crippen molar-refractivity contribution in [3.05, 3.63) is 76.8 Å². The average Bonchev–Trinajstić information content (AvgIpc) is 2.91. The van der Waals surface area contributed by atoms with Crippen molar-refractivity contribution in [1.29, 1.82) is 0 Å². The number of amides is 2. The lowest BCUT2D eigenvalue weighted by Gasteiger charge is -2.12. The van der Waals surface area contributed by atoms with Gasteiger partial charge in [0, 0.05) is 10.6 Å². The van der Waals surface area contributed by atoms with Crippen LogP contribution in [-0.4, -0.2) is 44.8 Å². The Bertz CT molecular complexity index is 1360. The molecule has 192 valence electrons. The van der Waals surface area contributed by atoms with E-state index in [2.05, 4.69) is 15.8 Å². The van der Waals surface area contributed by atoms with Crippen LogP contribution >= 0.6 is 11.6 Å². The van der Waals surface area contributed by atoms with Gasteiger partial charge in [0.1, 0.15) is 11.5 Å². The normalized spacial score (nSPS) is 10.8. The molecule has 3 aromatic rings. The zero-order chi connectivity index (χ0) is 26.9. The molecule has 10 nitrogen and oxygen atoms in total. The van der Waals surface area contributed by atoms with E-state index in [1.54, 1.807) is 55.5 Å². The zero-order valence-electron chi connectivity index (χ0n) is 20.5. The summed E-state index contributed by atoms with van der Waals surface area (Å²) in [7, 11) is 4.35. The largest absolute Gasteiger partial charge is 0.497 e. The average molecular weight is 526 g/mol. The number of carbonyl (C=O) groups is 3. The van der Waals surface area contributed by atoms with Crippen LogP contribution in [-0.2, 0) is 9.59 Å². The number of halogens is 1. The van der Waals surface area contributed by atoms with E-state index in [0.717, 1.165) is 0 Å². The molecule has 0 aliphatic carbocycles. The van der Waals surface area contributed by atoms with Crippen molar-refractivity contribution in [1.82, 2.24) is 5.43 Å². The van der Waals surface area contributed by atoms with Crippen molar-refractivity contribution in [3.8, 4) is 23.0 Å².